The minimum absolute atomic E-state index is 0.251. The summed E-state index contributed by atoms with van der Waals surface area (Å²) in [7, 11) is -3.11. The van der Waals surface area contributed by atoms with Crippen molar-refractivity contribution in [1.29, 1.82) is 0 Å². The number of hydrogen-bond donors (Lipinski definition) is 0. The second-order valence-electron chi connectivity index (χ2n) is 7.64. The second kappa shape index (κ2) is 7.77. The third kappa shape index (κ3) is 6.24. The summed E-state index contributed by atoms with van der Waals surface area (Å²) in [5, 5.41) is 0. The third-order valence-electron chi connectivity index (χ3n) is 4.13. The Bertz CT molecular complexity index is 571. The van der Waals surface area contributed by atoms with Gasteiger partial charge in [0.15, 0.2) is 0 Å². The van der Waals surface area contributed by atoms with Gasteiger partial charge >= 0.3 is 0 Å². The lowest BCUT2D eigenvalue weighted by molar-refractivity contribution is 0.141. The van der Waals surface area contributed by atoms with Crippen molar-refractivity contribution in [3.63, 3.8) is 0 Å². The van der Waals surface area contributed by atoms with E-state index in [-0.39, 0.29) is 11.2 Å². The highest BCUT2D eigenvalue weighted by atomic mass is 32.2. The Kier molecular flexibility index (Phi) is 6.23. The van der Waals surface area contributed by atoms with Crippen LogP contribution in [-0.4, -0.2) is 56.1 Å². The fourth-order valence-electron chi connectivity index (χ4n) is 3.07. The molecule has 2 rings (SSSR count). The number of nitrogens with zero attached hydrogens (tertiary/aromatic N) is 2. The monoisotopic (exact) mass is 338 g/mol. The molecule has 0 bridgehead atoms. The molecule has 1 saturated heterocycles. The van der Waals surface area contributed by atoms with Gasteiger partial charge in [-0.25, -0.2) is 8.42 Å². The Hall–Kier alpha value is -0.910. The highest BCUT2D eigenvalue weighted by Crippen LogP contribution is 2.18. The largest absolute Gasteiger partial charge is 0.300 e. The summed E-state index contributed by atoms with van der Waals surface area (Å²) >= 11 is 0. The van der Waals surface area contributed by atoms with Crippen molar-refractivity contribution in [3.8, 4) is 0 Å². The molecule has 1 aromatic carbocycles. The van der Waals surface area contributed by atoms with Gasteiger partial charge in [0.25, 0.3) is 0 Å². The molecule has 0 aromatic heterocycles. The van der Waals surface area contributed by atoms with E-state index in [1.54, 1.807) is 4.31 Å². The van der Waals surface area contributed by atoms with Crippen LogP contribution < -0.4 is 0 Å². The average molecular weight is 339 g/mol. The van der Waals surface area contributed by atoms with E-state index in [4.69, 9.17) is 0 Å². The van der Waals surface area contributed by atoms with E-state index in [9.17, 15) is 8.42 Å². The third-order valence-corrected chi connectivity index (χ3v) is 6.09. The molecule has 0 aliphatic carbocycles. The fraction of sp³-hybridized carbons (Fsp3) is 0.667. The van der Waals surface area contributed by atoms with Gasteiger partial charge in [-0.2, -0.15) is 4.31 Å². The number of aryl methyl sites for hydroxylation is 1. The van der Waals surface area contributed by atoms with Crippen molar-refractivity contribution < 1.29 is 8.42 Å². The molecule has 1 aliphatic heterocycles. The molecule has 130 valence electrons. The molecule has 0 saturated carbocycles. The van der Waals surface area contributed by atoms with E-state index in [0.29, 0.717) is 19.5 Å². The standard InChI is InChI=1S/C18H30N2O2S/c1-18(2,3)16-19-11-13-20(14-12-19)23(21,22)15-7-10-17-8-5-4-6-9-17/h4-6,8-9H,7,10-16H2,1-3H3. The Morgan fingerprint density at radius 1 is 1.00 bits per heavy atom. The highest BCUT2D eigenvalue weighted by molar-refractivity contribution is 7.89. The first-order chi connectivity index (χ1) is 10.8. The van der Waals surface area contributed by atoms with E-state index in [0.717, 1.165) is 26.1 Å². The normalized spacial score (nSPS) is 18.2. The van der Waals surface area contributed by atoms with Crippen LogP contribution in [-0.2, 0) is 16.4 Å². The van der Waals surface area contributed by atoms with Crippen LogP contribution in [0.1, 0.15) is 32.8 Å². The fourth-order valence-corrected chi connectivity index (χ4v) is 4.56. The molecule has 0 amide bonds. The predicted octanol–water partition coefficient (Wildman–Crippen LogP) is 2.61. The summed E-state index contributed by atoms with van der Waals surface area (Å²) in [6, 6.07) is 10.1. The minimum atomic E-state index is -3.11. The van der Waals surface area contributed by atoms with Crippen molar-refractivity contribution in [2.45, 2.75) is 33.6 Å². The molecule has 1 fully saturated rings. The Morgan fingerprint density at radius 2 is 1.61 bits per heavy atom. The van der Waals surface area contributed by atoms with Gasteiger partial charge in [0, 0.05) is 32.7 Å². The number of hydrogen-bond acceptors (Lipinski definition) is 3. The molecule has 4 nitrogen and oxygen atoms in total. The summed E-state index contributed by atoms with van der Waals surface area (Å²) in [6.07, 6.45) is 1.51. The van der Waals surface area contributed by atoms with Gasteiger partial charge < -0.3 is 4.90 Å². The average Bonchev–Trinajstić information content (AvgIpc) is 2.47. The van der Waals surface area contributed by atoms with E-state index in [1.807, 2.05) is 18.2 Å². The molecule has 5 heteroatoms. The highest BCUT2D eigenvalue weighted by Gasteiger charge is 2.28. The zero-order chi connectivity index (χ0) is 16.9. The summed E-state index contributed by atoms with van der Waals surface area (Å²) in [4.78, 5) is 2.37. The predicted molar refractivity (Wildman–Crippen MR) is 96.0 cm³/mol. The van der Waals surface area contributed by atoms with Crippen molar-refractivity contribution >= 4 is 10.0 Å². The van der Waals surface area contributed by atoms with E-state index in [1.165, 1.54) is 5.56 Å². The van der Waals surface area contributed by atoms with Crippen LogP contribution in [0.4, 0.5) is 0 Å². The molecule has 1 aliphatic rings. The maximum absolute atomic E-state index is 12.5. The number of rotatable bonds is 6. The van der Waals surface area contributed by atoms with Gasteiger partial charge in [0.2, 0.25) is 10.0 Å². The summed E-state index contributed by atoms with van der Waals surface area (Å²) in [5.41, 5.74) is 1.47. The van der Waals surface area contributed by atoms with Crippen LogP contribution in [0.25, 0.3) is 0 Å². The van der Waals surface area contributed by atoms with Crippen molar-refractivity contribution in [3.05, 3.63) is 35.9 Å². The molecule has 0 atom stereocenters. The van der Waals surface area contributed by atoms with Crippen molar-refractivity contribution in [2.24, 2.45) is 5.41 Å². The molecule has 23 heavy (non-hydrogen) atoms. The molecule has 0 radical (unpaired) electrons. The molecule has 0 unspecified atom stereocenters. The molecule has 1 aromatic rings. The van der Waals surface area contributed by atoms with E-state index >= 15 is 0 Å². The van der Waals surface area contributed by atoms with Crippen LogP contribution >= 0.6 is 0 Å². The number of piperazine rings is 1. The molecule has 0 spiro atoms. The second-order valence-corrected chi connectivity index (χ2v) is 9.73. The van der Waals surface area contributed by atoms with Crippen LogP contribution in [0, 0.1) is 5.41 Å². The van der Waals surface area contributed by atoms with Gasteiger partial charge in [-0.15, -0.1) is 0 Å². The Labute approximate surface area is 141 Å². The smallest absolute Gasteiger partial charge is 0.214 e. The van der Waals surface area contributed by atoms with E-state index < -0.39 is 10.0 Å². The SMILES string of the molecule is CC(C)(C)CN1CCN(S(=O)(=O)CCCc2ccccc2)CC1. The first-order valence-corrected chi connectivity index (χ1v) is 10.1. The first kappa shape index (κ1) is 18.4. The molecule has 0 N–H and O–H groups in total. The molecular weight excluding hydrogens is 308 g/mol. The maximum Gasteiger partial charge on any atom is 0.214 e. The van der Waals surface area contributed by atoms with Gasteiger partial charge in [-0.05, 0) is 23.8 Å². The Balaban J connectivity index is 1.77. The lowest BCUT2D eigenvalue weighted by Gasteiger charge is -2.37. The maximum atomic E-state index is 12.5. The summed E-state index contributed by atoms with van der Waals surface area (Å²) in [5.74, 6) is 0.251. The van der Waals surface area contributed by atoms with Crippen molar-refractivity contribution in [1.82, 2.24) is 9.21 Å². The first-order valence-electron chi connectivity index (χ1n) is 8.50. The minimum Gasteiger partial charge on any atom is -0.300 e. The quantitative estimate of drug-likeness (QED) is 0.800. The number of benzene rings is 1. The lowest BCUT2D eigenvalue weighted by atomic mass is 9.96. The van der Waals surface area contributed by atoms with Gasteiger partial charge in [0.1, 0.15) is 0 Å². The van der Waals surface area contributed by atoms with E-state index in [2.05, 4.69) is 37.8 Å². The van der Waals surface area contributed by atoms with Crippen molar-refractivity contribution in [2.75, 3.05) is 38.5 Å². The summed E-state index contributed by atoms with van der Waals surface area (Å²) < 4.78 is 26.6. The van der Waals surface area contributed by atoms with Crippen LogP contribution in [0.2, 0.25) is 0 Å². The van der Waals surface area contributed by atoms with Gasteiger partial charge in [-0.3, -0.25) is 0 Å². The summed E-state index contributed by atoms with van der Waals surface area (Å²) in [6.45, 7) is 10.6. The van der Waals surface area contributed by atoms with Gasteiger partial charge in [0.05, 0.1) is 5.75 Å². The van der Waals surface area contributed by atoms with Crippen LogP contribution in [0.3, 0.4) is 0 Å². The lowest BCUT2D eigenvalue weighted by Crippen LogP contribution is -2.50. The van der Waals surface area contributed by atoms with Crippen LogP contribution in [0.15, 0.2) is 30.3 Å². The number of sulfonamides is 1. The zero-order valence-corrected chi connectivity index (χ0v) is 15.5. The zero-order valence-electron chi connectivity index (χ0n) is 14.7. The molecular formula is C18H30N2O2S. The molecule has 1 heterocycles. The Morgan fingerprint density at radius 3 is 2.17 bits per heavy atom. The van der Waals surface area contributed by atoms with Crippen LogP contribution in [0.5, 0.6) is 0 Å². The van der Waals surface area contributed by atoms with Gasteiger partial charge in [-0.1, -0.05) is 51.1 Å². The topological polar surface area (TPSA) is 40.6 Å².